The second-order valence-electron chi connectivity index (χ2n) is 3.02. The van der Waals surface area contributed by atoms with Crippen LogP contribution in [0.15, 0.2) is 25.3 Å². The molecule has 0 bridgehead atoms. The van der Waals surface area contributed by atoms with Crippen LogP contribution < -0.4 is 10.6 Å². The van der Waals surface area contributed by atoms with E-state index >= 15 is 0 Å². The molecule has 0 heterocycles. The molecule has 0 rings (SSSR count). The predicted molar refractivity (Wildman–Crippen MR) is 60.5 cm³/mol. The Morgan fingerprint density at radius 2 is 1.80 bits per heavy atom. The van der Waals surface area contributed by atoms with Gasteiger partial charge in [-0.25, -0.2) is 0 Å². The summed E-state index contributed by atoms with van der Waals surface area (Å²) in [5.74, 6) is -0.101. The van der Waals surface area contributed by atoms with Crippen LogP contribution in [-0.4, -0.2) is 31.3 Å². The van der Waals surface area contributed by atoms with Gasteiger partial charge in [-0.05, 0) is 25.1 Å². The van der Waals surface area contributed by atoms with E-state index in [-0.39, 0.29) is 11.7 Å². The van der Waals surface area contributed by atoms with Gasteiger partial charge in [0.25, 0.3) is 0 Å². The molecule has 0 saturated heterocycles. The minimum Gasteiger partial charge on any atom is -0.351 e. The molecule has 0 aliphatic heterocycles. The van der Waals surface area contributed by atoms with E-state index in [1.54, 1.807) is 0 Å². The van der Waals surface area contributed by atoms with E-state index in [2.05, 4.69) is 23.8 Å². The van der Waals surface area contributed by atoms with Crippen molar-refractivity contribution in [1.82, 2.24) is 10.6 Å². The zero-order chi connectivity index (χ0) is 11.5. The van der Waals surface area contributed by atoms with E-state index in [1.165, 1.54) is 12.2 Å². The van der Waals surface area contributed by atoms with E-state index in [9.17, 15) is 9.59 Å². The molecule has 0 radical (unpaired) electrons. The van der Waals surface area contributed by atoms with Crippen LogP contribution in [0.4, 0.5) is 0 Å². The fraction of sp³-hybridized carbons (Fsp3) is 0.455. The first-order valence-electron chi connectivity index (χ1n) is 4.97. The highest BCUT2D eigenvalue weighted by atomic mass is 16.1. The maximum atomic E-state index is 10.8. The number of nitrogens with one attached hydrogen (secondary N) is 2. The topological polar surface area (TPSA) is 58.2 Å². The lowest BCUT2D eigenvalue weighted by atomic mass is 10.2. The van der Waals surface area contributed by atoms with E-state index < -0.39 is 0 Å². The zero-order valence-corrected chi connectivity index (χ0v) is 8.92. The van der Waals surface area contributed by atoms with Crippen LogP contribution in [0.5, 0.6) is 0 Å². The molecule has 0 aromatic heterocycles. The maximum Gasteiger partial charge on any atom is 0.243 e. The van der Waals surface area contributed by atoms with E-state index in [0.717, 1.165) is 13.0 Å². The maximum absolute atomic E-state index is 10.8. The Morgan fingerprint density at radius 3 is 2.40 bits per heavy atom. The molecule has 84 valence electrons. The molecule has 4 heteroatoms. The molecule has 4 nitrogen and oxygen atoms in total. The Morgan fingerprint density at radius 1 is 1.07 bits per heavy atom. The molecule has 0 fully saturated rings. The summed E-state index contributed by atoms with van der Waals surface area (Å²) in [4.78, 5) is 21.5. The summed E-state index contributed by atoms with van der Waals surface area (Å²) in [7, 11) is 0. The number of allylic oxidation sites excluding steroid dienone is 1. The van der Waals surface area contributed by atoms with Crippen molar-refractivity contribution < 1.29 is 9.59 Å². The summed E-state index contributed by atoms with van der Waals surface area (Å²) in [6.07, 6.45) is 3.89. The molecular weight excluding hydrogens is 192 g/mol. The van der Waals surface area contributed by atoms with Crippen molar-refractivity contribution in [2.45, 2.75) is 12.8 Å². The van der Waals surface area contributed by atoms with Crippen molar-refractivity contribution >= 4 is 11.7 Å². The number of hydrogen-bond donors (Lipinski definition) is 2. The van der Waals surface area contributed by atoms with Gasteiger partial charge in [-0.15, -0.1) is 0 Å². The molecule has 0 spiro atoms. The third-order valence-corrected chi connectivity index (χ3v) is 1.79. The quantitative estimate of drug-likeness (QED) is 0.428. The van der Waals surface area contributed by atoms with Gasteiger partial charge in [-0.1, -0.05) is 13.2 Å². The highest BCUT2D eigenvalue weighted by molar-refractivity contribution is 5.88. The smallest absolute Gasteiger partial charge is 0.243 e. The second-order valence-corrected chi connectivity index (χ2v) is 3.02. The molecule has 0 saturated carbocycles. The van der Waals surface area contributed by atoms with Crippen molar-refractivity contribution in [1.29, 1.82) is 0 Å². The molecule has 0 aromatic rings. The van der Waals surface area contributed by atoms with Gasteiger partial charge in [-0.2, -0.15) is 0 Å². The van der Waals surface area contributed by atoms with Crippen molar-refractivity contribution in [2.24, 2.45) is 0 Å². The lowest BCUT2D eigenvalue weighted by molar-refractivity contribution is -0.116. The van der Waals surface area contributed by atoms with E-state index in [4.69, 9.17) is 0 Å². The molecule has 15 heavy (non-hydrogen) atoms. The van der Waals surface area contributed by atoms with E-state index in [0.29, 0.717) is 19.5 Å². The first kappa shape index (κ1) is 13.6. The van der Waals surface area contributed by atoms with Crippen LogP contribution in [0, 0.1) is 0 Å². The second kappa shape index (κ2) is 9.15. The van der Waals surface area contributed by atoms with Crippen molar-refractivity contribution in [3.8, 4) is 0 Å². The van der Waals surface area contributed by atoms with Crippen molar-refractivity contribution in [3.63, 3.8) is 0 Å². The third-order valence-electron chi connectivity index (χ3n) is 1.79. The minimum absolute atomic E-state index is 0.0664. The van der Waals surface area contributed by atoms with Gasteiger partial charge in [0.15, 0.2) is 5.78 Å². The molecular formula is C11H18N2O2. The number of ketones is 1. The monoisotopic (exact) mass is 210 g/mol. The fourth-order valence-electron chi connectivity index (χ4n) is 0.961. The first-order valence-corrected chi connectivity index (χ1v) is 4.97. The summed E-state index contributed by atoms with van der Waals surface area (Å²) in [5.41, 5.74) is 0. The van der Waals surface area contributed by atoms with Gasteiger partial charge in [0.2, 0.25) is 5.91 Å². The van der Waals surface area contributed by atoms with Crippen LogP contribution in [0.2, 0.25) is 0 Å². The summed E-state index contributed by atoms with van der Waals surface area (Å²) >= 11 is 0. The van der Waals surface area contributed by atoms with Crippen LogP contribution in [0.3, 0.4) is 0 Å². The van der Waals surface area contributed by atoms with Gasteiger partial charge < -0.3 is 10.6 Å². The average molecular weight is 210 g/mol. The third kappa shape index (κ3) is 8.90. The Bertz CT molecular complexity index is 213. The number of carbonyl (C=O) groups is 2. The van der Waals surface area contributed by atoms with Crippen LogP contribution in [0.25, 0.3) is 0 Å². The summed E-state index contributed by atoms with van der Waals surface area (Å²) < 4.78 is 0. The van der Waals surface area contributed by atoms with Crippen LogP contribution in [-0.2, 0) is 9.59 Å². The fourth-order valence-corrected chi connectivity index (χ4v) is 0.961. The average Bonchev–Trinajstić information content (AvgIpc) is 2.26. The highest BCUT2D eigenvalue weighted by Crippen LogP contribution is 1.89. The minimum atomic E-state index is -0.168. The van der Waals surface area contributed by atoms with Gasteiger partial charge in [-0.3, -0.25) is 9.59 Å². The number of amides is 1. The van der Waals surface area contributed by atoms with Crippen LogP contribution >= 0.6 is 0 Å². The van der Waals surface area contributed by atoms with E-state index in [1.807, 2.05) is 0 Å². The summed E-state index contributed by atoms with van der Waals surface area (Å²) in [5, 5.41) is 5.75. The molecule has 0 aliphatic carbocycles. The number of hydrogen-bond acceptors (Lipinski definition) is 3. The highest BCUT2D eigenvalue weighted by Gasteiger charge is 1.95. The molecule has 0 atom stereocenters. The molecule has 0 aromatic carbocycles. The predicted octanol–water partition coefficient (Wildman–Crippen LogP) is 0.413. The standard InChI is InChI=1S/C11H18N2O2/c1-3-10(14)6-5-7-12-8-9-13-11(15)4-2/h3-4,12H,1-2,5-9H2,(H,13,15). The number of carbonyl (C=O) groups excluding carboxylic acids is 2. The molecule has 2 N–H and O–H groups in total. The SMILES string of the molecule is C=CC(=O)CCCNCCNC(=O)C=C. The van der Waals surface area contributed by atoms with Gasteiger partial charge in [0.05, 0.1) is 0 Å². The molecule has 0 unspecified atom stereocenters. The Labute approximate surface area is 90.4 Å². The van der Waals surface area contributed by atoms with Crippen molar-refractivity contribution in [3.05, 3.63) is 25.3 Å². The lowest BCUT2D eigenvalue weighted by Gasteiger charge is -2.04. The molecule has 1 amide bonds. The molecule has 0 aliphatic rings. The number of rotatable bonds is 9. The normalized spacial score (nSPS) is 9.33. The van der Waals surface area contributed by atoms with Crippen molar-refractivity contribution in [2.75, 3.05) is 19.6 Å². The first-order chi connectivity index (χ1) is 7.20. The summed E-state index contributed by atoms with van der Waals surface area (Å²) in [6, 6.07) is 0. The Hall–Kier alpha value is -1.42. The van der Waals surface area contributed by atoms with Gasteiger partial charge >= 0.3 is 0 Å². The lowest BCUT2D eigenvalue weighted by Crippen LogP contribution is -2.31. The zero-order valence-electron chi connectivity index (χ0n) is 8.92. The van der Waals surface area contributed by atoms with Gasteiger partial charge in [0.1, 0.15) is 0 Å². The Balaban J connectivity index is 3.18. The largest absolute Gasteiger partial charge is 0.351 e. The Kier molecular flexibility index (Phi) is 8.28. The summed E-state index contributed by atoms with van der Waals surface area (Å²) in [6.45, 7) is 8.76. The van der Waals surface area contributed by atoms with Crippen LogP contribution in [0.1, 0.15) is 12.8 Å². The van der Waals surface area contributed by atoms with Gasteiger partial charge in [0, 0.05) is 19.5 Å².